The fourth-order valence-electron chi connectivity index (χ4n) is 5.57. The van der Waals surface area contributed by atoms with Gasteiger partial charge in [-0.3, -0.25) is 4.79 Å². The van der Waals surface area contributed by atoms with E-state index < -0.39 is 5.97 Å². The number of hydrogen-bond acceptors (Lipinski definition) is 4. The van der Waals surface area contributed by atoms with E-state index in [0.29, 0.717) is 23.7 Å². The molecular weight excluding hydrogens is 406 g/mol. The van der Waals surface area contributed by atoms with Crippen LogP contribution in [0.15, 0.2) is 42.5 Å². The van der Waals surface area contributed by atoms with Gasteiger partial charge in [-0.15, -0.1) is 0 Å². The van der Waals surface area contributed by atoms with Gasteiger partial charge in [-0.05, 0) is 60.6 Å². The Morgan fingerprint density at radius 2 is 1.88 bits per heavy atom. The Hall–Kier alpha value is -2.86. The van der Waals surface area contributed by atoms with Gasteiger partial charge in [0.15, 0.2) is 0 Å². The molecule has 2 aromatic carbocycles. The third-order valence-corrected chi connectivity index (χ3v) is 7.54. The summed E-state index contributed by atoms with van der Waals surface area (Å²) in [7, 11) is 1.50. The lowest BCUT2D eigenvalue weighted by Gasteiger charge is -2.34. The highest BCUT2D eigenvalue weighted by Gasteiger charge is 2.55. The van der Waals surface area contributed by atoms with Gasteiger partial charge in [0.2, 0.25) is 0 Å². The van der Waals surface area contributed by atoms with Crippen molar-refractivity contribution in [3.8, 4) is 16.9 Å². The summed E-state index contributed by atoms with van der Waals surface area (Å²) < 4.78 is 11.0. The van der Waals surface area contributed by atoms with Crippen LogP contribution >= 0.6 is 0 Å². The monoisotopic (exact) mass is 435 g/mol. The molecular formula is C26H29NO5. The van der Waals surface area contributed by atoms with Gasteiger partial charge in [0.05, 0.1) is 7.11 Å². The standard InChI is InChI=1S/C26H29NO5/c1-31-23-19(4-2-5-20(23)25(29)30)17-7-9-18(10-8-17)21-16-26(21)11-13-27(14-12-26)24(28)22-6-3-15-32-22/h2,4-5,7-10,21-22H,3,6,11-16H2,1H3,(H,29,30)/t21-,22-/m1/s1. The van der Waals surface area contributed by atoms with Crippen LogP contribution in [-0.2, 0) is 9.53 Å². The average Bonchev–Trinajstić information content (AvgIpc) is 3.24. The first-order chi connectivity index (χ1) is 15.5. The molecule has 168 valence electrons. The first-order valence-corrected chi connectivity index (χ1v) is 11.4. The molecule has 0 radical (unpaired) electrons. The van der Waals surface area contributed by atoms with Crippen LogP contribution in [0.1, 0.15) is 53.9 Å². The molecule has 3 fully saturated rings. The number of carbonyl (C=O) groups is 2. The number of rotatable bonds is 5. The zero-order valence-electron chi connectivity index (χ0n) is 18.4. The first-order valence-electron chi connectivity index (χ1n) is 11.4. The van der Waals surface area contributed by atoms with Gasteiger partial charge in [-0.25, -0.2) is 4.79 Å². The lowest BCUT2D eigenvalue weighted by molar-refractivity contribution is -0.142. The predicted molar refractivity (Wildman–Crippen MR) is 120 cm³/mol. The van der Waals surface area contributed by atoms with Crippen LogP contribution in [0.4, 0.5) is 0 Å². The number of nitrogens with zero attached hydrogens (tertiary/aromatic N) is 1. The highest BCUT2D eigenvalue weighted by atomic mass is 16.5. The van der Waals surface area contributed by atoms with E-state index in [1.165, 1.54) is 19.1 Å². The van der Waals surface area contributed by atoms with Crippen LogP contribution in [0.25, 0.3) is 11.1 Å². The number of carboxylic acids is 1. The maximum absolute atomic E-state index is 12.6. The Morgan fingerprint density at radius 3 is 2.50 bits per heavy atom. The maximum Gasteiger partial charge on any atom is 0.339 e. The van der Waals surface area contributed by atoms with E-state index in [1.54, 1.807) is 12.1 Å². The SMILES string of the molecule is COc1c(C(=O)O)cccc1-c1ccc([C@H]2CC23CCN(C(=O)[C@H]2CCCO2)CC3)cc1. The lowest BCUT2D eigenvalue weighted by atomic mass is 9.88. The lowest BCUT2D eigenvalue weighted by Crippen LogP contribution is -2.44. The normalized spacial score (nSPS) is 23.8. The van der Waals surface area contributed by atoms with Crippen molar-refractivity contribution in [1.29, 1.82) is 0 Å². The van der Waals surface area contributed by atoms with Crippen molar-refractivity contribution < 1.29 is 24.2 Å². The summed E-state index contributed by atoms with van der Waals surface area (Å²) in [5.74, 6) is 0.101. The second-order valence-electron chi connectivity index (χ2n) is 9.26. The van der Waals surface area contributed by atoms with E-state index in [0.717, 1.165) is 49.9 Å². The number of benzene rings is 2. The number of methoxy groups -OCH3 is 1. The molecule has 2 aliphatic heterocycles. The first kappa shape index (κ1) is 21.0. The van der Waals surface area contributed by atoms with Crippen LogP contribution in [-0.4, -0.2) is 54.8 Å². The Morgan fingerprint density at radius 1 is 1.12 bits per heavy atom. The molecule has 0 unspecified atom stereocenters. The molecule has 1 spiro atoms. The van der Waals surface area contributed by atoms with Crippen LogP contribution in [0.3, 0.4) is 0 Å². The van der Waals surface area contributed by atoms with Crippen molar-refractivity contribution in [2.24, 2.45) is 5.41 Å². The summed E-state index contributed by atoms with van der Waals surface area (Å²) in [6, 6.07) is 13.6. The van der Waals surface area contributed by atoms with E-state index in [-0.39, 0.29) is 17.6 Å². The fourth-order valence-corrected chi connectivity index (χ4v) is 5.57. The molecule has 2 aromatic rings. The zero-order valence-corrected chi connectivity index (χ0v) is 18.4. The molecule has 6 heteroatoms. The van der Waals surface area contributed by atoms with E-state index in [2.05, 4.69) is 24.3 Å². The smallest absolute Gasteiger partial charge is 0.339 e. The van der Waals surface area contributed by atoms with Crippen molar-refractivity contribution in [3.05, 3.63) is 53.6 Å². The number of hydrogen-bond donors (Lipinski definition) is 1. The molecule has 2 heterocycles. The number of para-hydroxylation sites is 1. The van der Waals surface area contributed by atoms with Crippen molar-refractivity contribution in [2.75, 3.05) is 26.8 Å². The summed E-state index contributed by atoms with van der Waals surface area (Å²) in [5.41, 5.74) is 3.53. The third kappa shape index (κ3) is 3.66. The molecule has 2 atom stereocenters. The van der Waals surface area contributed by atoms with Crippen LogP contribution in [0.5, 0.6) is 5.75 Å². The molecule has 1 aliphatic carbocycles. The molecule has 5 rings (SSSR count). The summed E-state index contributed by atoms with van der Waals surface area (Å²) in [4.78, 5) is 26.1. The van der Waals surface area contributed by atoms with E-state index in [4.69, 9.17) is 9.47 Å². The molecule has 2 saturated heterocycles. The second kappa shape index (κ2) is 8.24. The number of amides is 1. The van der Waals surface area contributed by atoms with Gasteiger partial charge in [0, 0.05) is 25.3 Å². The predicted octanol–water partition coefficient (Wildman–Crippen LogP) is 4.34. The van der Waals surface area contributed by atoms with Crippen molar-refractivity contribution in [2.45, 2.75) is 44.1 Å². The molecule has 0 bridgehead atoms. The number of aromatic carboxylic acids is 1. The summed E-state index contributed by atoms with van der Waals surface area (Å²) in [5, 5.41) is 9.44. The maximum atomic E-state index is 12.6. The summed E-state index contributed by atoms with van der Waals surface area (Å²) >= 11 is 0. The Balaban J connectivity index is 1.26. The fraction of sp³-hybridized carbons (Fsp3) is 0.462. The van der Waals surface area contributed by atoms with Crippen LogP contribution in [0.2, 0.25) is 0 Å². The van der Waals surface area contributed by atoms with Gasteiger partial charge in [-0.1, -0.05) is 36.4 Å². The minimum Gasteiger partial charge on any atom is -0.495 e. The van der Waals surface area contributed by atoms with E-state index >= 15 is 0 Å². The molecule has 1 N–H and O–H groups in total. The average molecular weight is 436 g/mol. The number of carboxylic acid groups (broad SMARTS) is 1. The Bertz CT molecular complexity index is 1020. The van der Waals surface area contributed by atoms with Gasteiger partial charge in [0.25, 0.3) is 5.91 Å². The number of carbonyl (C=O) groups excluding carboxylic acids is 1. The number of piperidine rings is 1. The van der Waals surface area contributed by atoms with Gasteiger partial charge >= 0.3 is 5.97 Å². The topological polar surface area (TPSA) is 76.1 Å². The quantitative estimate of drug-likeness (QED) is 0.756. The highest BCUT2D eigenvalue weighted by Crippen LogP contribution is 2.65. The third-order valence-electron chi connectivity index (χ3n) is 7.54. The van der Waals surface area contributed by atoms with Gasteiger partial charge < -0.3 is 19.5 Å². The van der Waals surface area contributed by atoms with Crippen LogP contribution in [0, 0.1) is 5.41 Å². The largest absolute Gasteiger partial charge is 0.495 e. The number of likely N-dealkylation sites (tertiary alicyclic amines) is 1. The van der Waals surface area contributed by atoms with Gasteiger partial charge in [0.1, 0.15) is 17.4 Å². The van der Waals surface area contributed by atoms with E-state index in [9.17, 15) is 14.7 Å². The van der Waals surface area contributed by atoms with E-state index in [1.807, 2.05) is 11.0 Å². The minimum atomic E-state index is -0.996. The highest BCUT2D eigenvalue weighted by molar-refractivity contribution is 5.94. The molecule has 0 aromatic heterocycles. The molecule has 32 heavy (non-hydrogen) atoms. The Labute approximate surface area is 188 Å². The van der Waals surface area contributed by atoms with Crippen molar-refractivity contribution in [3.63, 3.8) is 0 Å². The minimum absolute atomic E-state index is 0.166. The molecule has 6 nitrogen and oxygen atoms in total. The second-order valence-corrected chi connectivity index (χ2v) is 9.26. The van der Waals surface area contributed by atoms with Crippen LogP contribution < -0.4 is 4.74 Å². The zero-order chi connectivity index (χ0) is 22.3. The number of ether oxygens (including phenoxy) is 2. The van der Waals surface area contributed by atoms with Crippen molar-refractivity contribution in [1.82, 2.24) is 4.90 Å². The molecule has 1 saturated carbocycles. The summed E-state index contributed by atoms with van der Waals surface area (Å²) in [6.07, 6.45) is 4.89. The summed E-state index contributed by atoms with van der Waals surface area (Å²) in [6.45, 7) is 2.36. The molecule has 1 amide bonds. The molecule has 3 aliphatic rings. The van der Waals surface area contributed by atoms with Crippen molar-refractivity contribution >= 4 is 11.9 Å². The Kier molecular flexibility index (Phi) is 5.41. The van der Waals surface area contributed by atoms with Gasteiger partial charge in [-0.2, -0.15) is 0 Å².